The normalized spacial score (nSPS) is 17.4. The summed E-state index contributed by atoms with van der Waals surface area (Å²) in [6.45, 7) is 6.93. The van der Waals surface area contributed by atoms with E-state index in [4.69, 9.17) is 14.7 Å². The van der Waals surface area contributed by atoms with Crippen LogP contribution in [0.4, 0.5) is 4.79 Å². The largest absolute Gasteiger partial charge is 0.453 e. The highest BCUT2D eigenvalue weighted by molar-refractivity contribution is 7.31. The second-order valence-electron chi connectivity index (χ2n) is 16.6. The lowest BCUT2D eigenvalue weighted by Gasteiger charge is -2.30. The van der Waals surface area contributed by atoms with Crippen LogP contribution in [0.2, 0.25) is 0 Å². The van der Waals surface area contributed by atoms with Gasteiger partial charge in [-0.2, -0.15) is 0 Å². The molecule has 0 unspecified atom stereocenters. The van der Waals surface area contributed by atoms with E-state index in [2.05, 4.69) is 69.1 Å². The number of hydrogen-bond donors (Lipinski definition) is 4. The van der Waals surface area contributed by atoms with Crippen LogP contribution in [0.15, 0.2) is 91.1 Å². The van der Waals surface area contributed by atoms with Crippen molar-refractivity contribution >= 4 is 66.9 Å². The van der Waals surface area contributed by atoms with E-state index in [0.29, 0.717) is 30.9 Å². The number of nitrogens with zero attached hydrogens (tertiary/aromatic N) is 4. The molecule has 324 valence electrons. The summed E-state index contributed by atoms with van der Waals surface area (Å²) in [6, 6.07) is 26.6. The summed E-state index contributed by atoms with van der Waals surface area (Å²) < 4.78 is 7.28. The Morgan fingerprint density at radius 3 is 2.08 bits per heavy atom. The average molecular weight is 883 g/mol. The number of aromatic nitrogens is 4. The first-order valence-corrected chi connectivity index (χ1v) is 23.2. The number of methoxy groups -OCH3 is 1. The van der Waals surface area contributed by atoms with Gasteiger partial charge in [-0.25, -0.2) is 14.8 Å². The van der Waals surface area contributed by atoms with Crippen molar-refractivity contribution in [1.82, 2.24) is 40.4 Å². The number of ether oxygens (including phenoxy) is 1. The second kappa shape index (κ2) is 17.8. The maximum atomic E-state index is 13.9. The molecule has 13 nitrogen and oxygen atoms in total. The number of carbonyl (C=O) groups is 4. The van der Waals surface area contributed by atoms with E-state index in [9.17, 15) is 19.2 Å². The molecule has 2 aliphatic rings. The molecule has 2 saturated heterocycles. The van der Waals surface area contributed by atoms with Crippen LogP contribution in [0.3, 0.4) is 0 Å². The maximum Gasteiger partial charge on any atom is 0.407 e. The molecule has 4 amide bonds. The van der Waals surface area contributed by atoms with Crippen molar-refractivity contribution in [2.24, 2.45) is 5.92 Å². The number of aromatic amines is 2. The predicted molar refractivity (Wildman–Crippen MR) is 247 cm³/mol. The van der Waals surface area contributed by atoms with Crippen molar-refractivity contribution in [2.45, 2.75) is 77.0 Å². The summed E-state index contributed by atoms with van der Waals surface area (Å²) in [4.78, 5) is 74.9. The molecule has 4 atom stereocenters. The molecule has 0 aliphatic carbocycles. The van der Waals surface area contributed by atoms with Crippen LogP contribution in [0.5, 0.6) is 0 Å². The molecular weight excluding hydrogens is 833 g/mol. The van der Waals surface area contributed by atoms with E-state index in [-0.39, 0.29) is 35.7 Å². The Kier molecular flexibility index (Phi) is 11.9. The minimum absolute atomic E-state index is 0.0249. The van der Waals surface area contributed by atoms with E-state index < -0.39 is 18.2 Å². The molecule has 15 heteroatoms. The van der Waals surface area contributed by atoms with Gasteiger partial charge in [0, 0.05) is 50.4 Å². The molecule has 3 aromatic carbocycles. The number of benzene rings is 3. The van der Waals surface area contributed by atoms with Crippen LogP contribution < -0.4 is 10.6 Å². The number of fused-ring (bicyclic) bond motifs is 2. The summed E-state index contributed by atoms with van der Waals surface area (Å²) in [7, 11) is 1.29. The van der Waals surface area contributed by atoms with Gasteiger partial charge in [-0.3, -0.25) is 14.4 Å². The van der Waals surface area contributed by atoms with Crippen molar-refractivity contribution in [3.05, 3.63) is 108 Å². The zero-order chi connectivity index (χ0) is 43.8. The molecule has 2 aliphatic heterocycles. The molecular formula is C48H50N8O5S2. The third-order valence-electron chi connectivity index (χ3n) is 12.2. The topological polar surface area (TPSA) is 165 Å². The first-order chi connectivity index (χ1) is 30.6. The van der Waals surface area contributed by atoms with Gasteiger partial charge in [0.1, 0.15) is 23.7 Å². The fourth-order valence-electron chi connectivity index (χ4n) is 8.79. The van der Waals surface area contributed by atoms with Crippen LogP contribution in [-0.4, -0.2) is 79.8 Å². The molecule has 0 spiro atoms. The quantitative estimate of drug-likeness (QED) is 0.0949. The van der Waals surface area contributed by atoms with E-state index in [1.807, 2.05) is 61.3 Å². The fraction of sp³-hybridized carbons (Fsp3) is 0.333. The Bertz CT molecular complexity index is 2760. The first-order valence-electron chi connectivity index (χ1n) is 21.6. The molecule has 0 bridgehead atoms. The van der Waals surface area contributed by atoms with Crippen molar-refractivity contribution in [1.29, 1.82) is 0 Å². The minimum Gasteiger partial charge on any atom is -0.453 e. The van der Waals surface area contributed by atoms with Gasteiger partial charge in [-0.1, -0.05) is 81.4 Å². The van der Waals surface area contributed by atoms with E-state index in [1.165, 1.54) is 26.3 Å². The van der Waals surface area contributed by atoms with Crippen molar-refractivity contribution in [3.63, 3.8) is 0 Å². The molecule has 0 saturated carbocycles. The summed E-state index contributed by atoms with van der Waals surface area (Å²) in [5, 5.41) is 5.66. The third kappa shape index (κ3) is 8.46. The van der Waals surface area contributed by atoms with Crippen LogP contribution in [-0.2, 0) is 19.1 Å². The van der Waals surface area contributed by atoms with Gasteiger partial charge in [0.05, 0.1) is 35.9 Å². The molecule has 4 aromatic heterocycles. The predicted octanol–water partition coefficient (Wildman–Crippen LogP) is 9.54. The number of thiophene rings is 2. The number of rotatable bonds is 12. The number of H-pyrrole nitrogens is 2. The number of hydrogen-bond acceptors (Lipinski definition) is 9. The lowest BCUT2D eigenvalue weighted by molar-refractivity contribution is -0.138. The SMILES string of the molecule is CCC(=O)N[C@H](C(=O)N1CCC[C@H]1c1nc2ccc(-c3cc4sc(-c5ccc(-c6c[nH]c([C@@H]7CCCN7C(=O)[C@H](NC(=O)OC)c7ccccc7)n6)cc5)cc4s3)cc2[nH]1)C(C)C. The highest BCUT2D eigenvalue weighted by Gasteiger charge is 2.38. The molecule has 2 fully saturated rings. The Balaban J connectivity index is 0.876. The lowest BCUT2D eigenvalue weighted by atomic mass is 10.0. The Morgan fingerprint density at radius 2 is 1.41 bits per heavy atom. The summed E-state index contributed by atoms with van der Waals surface area (Å²) in [6.07, 6.45) is 4.86. The number of imidazole rings is 2. The molecule has 7 aromatic rings. The molecule has 4 N–H and O–H groups in total. The van der Waals surface area contributed by atoms with Gasteiger partial charge in [0.25, 0.3) is 5.91 Å². The van der Waals surface area contributed by atoms with Crippen molar-refractivity contribution < 1.29 is 23.9 Å². The van der Waals surface area contributed by atoms with Gasteiger partial charge in [0.15, 0.2) is 0 Å². The number of likely N-dealkylation sites (tertiary alicyclic amines) is 2. The van der Waals surface area contributed by atoms with Crippen LogP contribution in [0.1, 0.15) is 88.2 Å². The molecule has 9 rings (SSSR count). The number of amides is 4. The van der Waals surface area contributed by atoms with E-state index >= 15 is 0 Å². The highest BCUT2D eigenvalue weighted by atomic mass is 32.1. The Labute approximate surface area is 373 Å². The molecule has 63 heavy (non-hydrogen) atoms. The van der Waals surface area contributed by atoms with Gasteiger partial charge in [0.2, 0.25) is 11.8 Å². The van der Waals surface area contributed by atoms with Crippen LogP contribution in [0, 0.1) is 5.92 Å². The summed E-state index contributed by atoms with van der Waals surface area (Å²) >= 11 is 3.53. The monoisotopic (exact) mass is 882 g/mol. The Morgan fingerprint density at radius 1 is 0.778 bits per heavy atom. The van der Waals surface area contributed by atoms with Crippen LogP contribution in [0.25, 0.3) is 52.6 Å². The molecule has 0 radical (unpaired) electrons. The number of nitrogens with one attached hydrogen (secondary N) is 4. The molecule has 6 heterocycles. The summed E-state index contributed by atoms with van der Waals surface area (Å²) in [5.74, 6) is 1.10. The van der Waals surface area contributed by atoms with Gasteiger partial charge in [-0.15, -0.1) is 22.7 Å². The van der Waals surface area contributed by atoms with E-state index in [1.54, 1.807) is 34.5 Å². The highest BCUT2D eigenvalue weighted by Crippen LogP contribution is 2.43. The second-order valence-corrected chi connectivity index (χ2v) is 18.7. The van der Waals surface area contributed by atoms with Crippen molar-refractivity contribution in [2.75, 3.05) is 20.2 Å². The average Bonchev–Trinajstić information content (AvgIpc) is 4.16. The Hall–Kier alpha value is -6.32. The first kappa shape index (κ1) is 42.0. The minimum atomic E-state index is -0.874. The maximum absolute atomic E-state index is 13.9. The fourth-order valence-corrected chi connectivity index (χ4v) is 11.2. The summed E-state index contributed by atoms with van der Waals surface area (Å²) in [5.41, 5.74) is 6.48. The number of alkyl carbamates (subject to hydrolysis) is 1. The zero-order valence-corrected chi connectivity index (χ0v) is 37.3. The van der Waals surface area contributed by atoms with Crippen LogP contribution >= 0.6 is 22.7 Å². The van der Waals surface area contributed by atoms with Gasteiger partial charge < -0.3 is 35.1 Å². The lowest BCUT2D eigenvalue weighted by Crippen LogP contribution is -2.51. The van der Waals surface area contributed by atoms with Gasteiger partial charge in [-0.05, 0) is 72.6 Å². The zero-order valence-electron chi connectivity index (χ0n) is 35.6. The smallest absolute Gasteiger partial charge is 0.407 e. The number of carbonyl (C=O) groups excluding carboxylic acids is 4. The third-order valence-corrected chi connectivity index (χ3v) is 14.5. The van der Waals surface area contributed by atoms with Gasteiger partial charge >= 0.3 is 6.09 Å². The van der Waals surface area contributed by atoms with Crippen molar-refractivity contribution in [3.8, 4) is 32.1 Å². The standard InChI is InChI=1S/C48H50N8O5S2/c1-5-41(57)53-42(27(2)3)46(58)56-22-10-14-36(56)45-50-32-20-19-31(23-33(32)51-45)38-25-40-39(63-38)24-37(62-40)29-17-15-28(16-18-29)34-26-49-44(52-34)35-13-9-21-55(35)47(59)43(54-48(60)61-4)30-11-7-6-8-12-30/h6-8,11-12,15-20,23-27,35-36,42-43H,5,9-10,13-14,21-22H2,1-4H3,(H,49,52)(H,50,51)(H,53,57)(H,54,60)/t35-,36-,42-,43+/m0/s1. The van der Waals surface area contributed by atoms with E-state index in [0.717, 1.165) is 64.9 Å².